The number of aliphatic hydroxyl groups excluding tert-OH is 1. The second kappa shape index (κ2) is 7.96. The van der Waals surface area contributed by atoms with Crippen molar-refractivity contribution in [3.8, 4) is 0 Å². The zero-order chi connectivity index (χ0) is 15.1. The van der Waals surface area contributed by atoms with Crippen LogP contribution in [0.4, 0.5) is 0 Å². The van der Waals surface area contributed by atoms with Gasteiger partial charge in [-0.3, -0.25) is 0 Å². The SMILES string of the molecule is CCCCOCC(O)Cn1nnc(C(=O)O)c1C(C)C. The summed E-state index contributed by atoms with van der Waals surface area (Å²) in [5, 5.41) is 26.4. The number of carboxylic acids is 1. The Balaban J connectivity index is 2.65. The second-order valence-electron chi connectivity index (χ2n) is 5.05. The number of aromatic nitrogens is 3. The predicted octanol–water partition coefficient (Wildman–Crippen LogP) is 1.28. The summed E-state index contributed by atoms with van der Waals surface area (Å²) in [4.78, 5) is 11.1. The van der Waals surface area contributed by atoms with E-state index >= 15 is 0 Å². The molecule has 0 spiro atoms. The lowest BCUT2D eigenvalue weighted by atomic mass is 10.1. The molecule has 1 rings (SSSR count). The highest BCUT2D eigenvalue weighted by Gasteiger charge is 2.22. The first-order chi connectivity index (χ1) is 9.47. The Labute approximate surface area is 118 Å². The number of hydrogen-bond acceptors (Lipinski definition) is 5. The number of carbonyl (C=O) groups is 1. The fourth-order valence-corrected chi connectivity index (χ4v) is 1.90. The summed E-state index contributed by atoms with van der Waals surface area (Å²) >= 11 is 0. The van der Waals surface area contributed by atoms with Gasteiger partial charge < -0.3 is 14.9 Å². The number of hydrogen-bond donors (Lipinski definition) is 2. The van der Waals surface area contributed by atoms with E-state index in [1.54, 1.807) is 0 Å². The maximum Gasteiger partial charge on any atom is 0.358 e. The molecule has 0 aromatic carbocycles. The molecular weight excluding hydrogens is 262 g/mol. The molecule has 0 bridgehead atoms. The van der Waals surface area contributed by atoms with Crippen molar-refractivity contribution in [1.29, 1.82) is 0 Å². The number of nitrogens with zero attached hydrogens (tertiary/aromatic N) is 3. The highest BCUT2D eigenvalue weighted by atomic mass is 16.5. The first-order valence-electron chi connectivity index (χ1n) is 6.89. The summed E-state index contributed by atoms with van der Waals surface area (Å²) in [5.41, 5.74) is 0.462. The van der Waals surface area contributed by atoms with Crippen molar-refractivity contribution in [3.05, 3.63) is 11.4 Å². The Kier molecular flexibility index (Phi) is 6.60. The Morgan fingerprint density at radius 1 is 1.45 bits per heavy atom. The highest BCUT2D eigenvalue weighted by molar-refractivity contribution is 5.86. The lowest BCUT2D eigenvalue weighted by Crippen LogP contribution is -2.24. The van der Waals surface area contributed by atoms with Gasteiger partial charge in [-0.15, -0.1) is 5.10 Å². The molecule has 1 heterocycles. The second-order valence-corrected chi connectivity index (χ2v) is 5.05. The molecule has 0 radical (unpaired) electrons. The van der Waals surface area contributed by atoms with Gasteiger partial charge >= 0.3 is 5.97 Å². The third-order valence-corrected chi connectivity index (χ3v) is 2.86. The molecule has 0 saturated heterocycles. The van der Waals surface area contributed by atoms with E-state index in [4.69, 9.17) is 9.84 Å². The van der Waals surface area contributed by atoms with Gasteiger partial charge in [-0.05, 0) is 12.3 Å². The van der Waals surface area contributed by atoms with Crippen LogP contribution < -0.4 is 0 Å². The third kappa shape index (κ3) is 4.57. The van der Waals surface area contributed by atoms with Crippen molar-refractivity contribution in [3.63, 3.8) is 0 Å². The molecule has 1 aromatic heterocycles. The van der Waals surface area contributed by atoms with E-state index in [-0.39, 0.29) is 24.8 Å². The molecule has 0 fully saturated rings. The van der Waals surface area contributed by atoms with E-state index in [9.17, 15) is 9.90 Å². The Morgan fingerprint density at radius 2 is 2.15 bits per heavy atom. The average Bonchev–Trinajstić information content (AvgIpc) is 2.78. The number of carboxylic acid groups (broad SMARTS) is 1. The van der Waals surface area contributed by atoms with E-state index in [1.807, 2.05) is 13.8 Å². The Bertz CT molecular complexity index is 431. The fourth-order valence-electron chi connectivity index (χ4n) is 1.90. The van der Waals surface area contributed by atoms with Crippen LogP contribution in [0, 0.1) is 0 Å². The zero-order valence-corrected chi connectivity index (χ0v) is 12.2. The number of aliphatic hydroxyl groups is 1. The topological polar surface area (TPSA) is 97.5 Å². The normalized spacial score (nSPS) is 12.8. The van der Waals surface area contributed by atoms with E-state index < -0.39 is 12.1 Å². The van der Waals surface area contributed by atoms with Crippen LogP contribution in [0.15, 0.2) is 0 Å². The molecule has 0 aliphatic heterocycles. The monoisotopic (exact) mass is 285 g/mol. The summed E-state index contributed by atoms with van der Waals surface area (Å²) in [6, 6.07) is 0. The van der Waals surface area contributed by atoms with Gasteiger partial charge in [-0.2, -0.15) is 0 Å². The van der Waals surface area contributed by atoms with E-state index in [1.165, 1.54) is 4.68 Å². The van der Waals surface area contributed by atoms with Crippen molar-refractivity contribution >= 4 is 5.97 Å². The molecule has 20 heavy (non-hydrogen) atoms. The molecule has 7 nitrogen and oxygen atoms in total. The van der Waals surface area contributed by atoms with Crippen molar-refractivity contribution in [2.24, 2.45) is 0 Å². The van der Waals surface area contributed by atoms with E-state index in [2.05, 4.69) is 17.2 Å². The van der Waals surface area contributed by atoms with Crippen LogP contribution in [0.5, 0.6) is 0 Å². The van der Waals surface area contributed by atoms with Gasteiger partial charge in [0, 0.05) is 6.61 Å². The predicted molar refractivity (Wildman–Crippen MR) is 72.8 cm³/mol. The molecular formula is C13H23N3O4. The lowest BCUT2D eigenvalue weighted by Gasteiger charge is -2.14. The van der Waals surface area contributed by atoms with Crippen LogP contribution in [0.2, 0.25) is 0 Å². The van der Waals surface area contributed by atoms with Crippen LogP contribution in [-0.4, -0.2) is 50.5 Å². The van der Waals surface area contributed by atoms with Gasteiger partial charge in [0.05, 0.1) is 24.9 Å². The summed E-state index contributed by atoms with van der Waals surface area (Å²) < 4.78 is 6.78. The van der Waals surface area contributed by atoms with Crippen LogP contribution in [0.25, 0.3) is 0 Å². The lowest BCUT2D eigenvalue weighted by molar-refractivity contribution is 0.0246. The maximum absolute atomic E-state index is 11.1. The molecule has 1 unspecified atom stereocenters. The molecule has 0 aliphatic rings. The van der Waals surface area contributed by atoms with Crippen molar-refractivity contribution < 1.29 is 19.7 Å². The molecule has 0 aliphatic carbocycles. The molecule has 1 atom stereocenters. The van der Waals surface area contributed by atoms with E-state index in [0.29, 0.717) is 12.3 Å². The van der Waals surface area contributed by atoms with Gasteiger partial charge in [-0.1, -0.05) is 32.4 Å². The third-order valence-electron chi connectivity index (χ3n) is 2.86. The Morgan fingerprint density at radius 3 is 2.70 bits per heavy atom. The van der Waals surface area contributed by atoms with Gasteiger partial charge in [0.25, 0.3) is 0 Å². The first kappa shape index (κ1) is 16.6. The summed E-state index contributed by atoms with van der Waals surface area (Å²) in [6.45, 7) is 6.80. The van der Waals surface area contributed by atoms with Crippen LogP contribution >= 0.6 is 0 Å². The smallest absolute Gasteiger partial charge is 0.358 e. The molecule has 7 heteroatoms. The molecule has 0 saturated carbocycles. The van der Waals surface area contributed by atoms with Gasteiger partial charge in [0.2, 0.25) is 0 Å². The fraction of sp³-hybridized carbons (Fsp3) is 0.769. The molecule has 1 aromatic rings. The molecule has 0 amide bonds. The van der Waals surface area contributed by atoms with Crippen molar-refractivity contribution in [2.45, 2.75) is 52.2 Å². The quantitative estimate of drug-likeness (QED) is 0.663. The minimum absolute atomic E-state index is 0.0377. The summed E-state index contributed by atoms with van der Waals surface area (Å²) in [6.07, 6.45) is 1.27. The van der Waals surface area contributed by atoms with Crippen molar-refractivity contribution in [1.82, 2.24) is 15.0 Å². The average molecular weight is 285 g/mol. The number of unbranched alkanes of at least 4 members (excludes halogenated alkanes) is 1. The number of aromatic carboxylic acids is 1. The van der Waals surface area contributed by atoms with Crippen LogP contribution in [0.1, 0.15) is 55.7 Å². The van der Waals surface area contributed by atoms with Crippen LogP contribution in [-0.2, 0) is 11.3 Å². The van der Waals surface area contributed by atoms with Crippen molar-refractivity contribution in [2.75, 3.05) is 13.2 Å². The maximum atomic E-state index is 11.1. The Hall–Kier alpha value is -1.47. The van der Waals surface area contributed by atoms with Gasteiger partial charge in [-0.25, -0.2) is 9.48 Å². The minimum Gasteiger partial charge on any atom is -0.476 e. The first-order valence-corrected chi connectivity index (χ1v) is 6.89. The summed E-state index contributed by atoms with van der Waals surface area (Å²) in [7, 11) is 0. The van der Waals surface area contributed by atoms with E-state index in [0.717, 1.165) is 12.8 Å². The molecule has 2 N–H and O–H groups in total. The number of rotatable bonds is 9. The molecule has 114 valence electrons. The largest absolute Gasteiger partial charge is 0.476 e. The zero-order valence-electron chi connectivity index (χ0n) is 12.2. The standard InChI is InChI=1S/C13H23N3O4/c1-4-5-6-20-8-10(17)7-16-12(9(2)3)11(13(18)19)14-15-16/h9-10,17H,4-8H2,1-3H3,(H,18,19). The minimum atomic E-state index is -1.10. The summed E-state index contributed by atoms with van der Waals surface area (Å²) in [5.74, 6) is -1.14. The van der Waals surface area contributed by atoms with Crippen LogP contribution in [0.3, 0.4) is 0 Å². The highest BCUT2D eigenvalue weighted by Crippen LogP contribution is 2.17. The van der Waals surface area contributed by atoms with Gasteiger partial charge in [0.1, 0.15) is 0 Å². The number of ether oxygens (including phenoxy) is 1. The van der Waals surface area contributed by atoms with Gasteiger partial charge in [0.15, 0.2) is 5.69 Å².